The van der Waals surface area contributed by atoms with Crippen molar-refractivity contribution < 1.29 is 0 Å². The average molecular weight is 337 g/mol. The van der Waals surface area contributed by atoms with Crippen LogP contribution < -0.4 is 10.6 Å². The van der Waals surface area contributed by atoms with Crippen molar-refractivity contribution in [1.82, 2.24) is 30.0 Å². The van der Waals surface area contributed by atoms with Crippen LogP contribution in [-0.2, 0) is 13.1 Å². The van der Waals surface area contributed by atoms with E-state index in [4.69, 9.17) is 0 Å². The number of aromatic nitrogens is 4. The predicted octanol–water partition coefficient (Wildman–Crippen LogP) is 1.82. The second kappa shape index (κ2) is 8.68. The van der Waals surface area contributed by atoms with E-state index in [1.54, 1.807) is 25.8 Å². The molecule has 0 aliphatic rings. The van der Waals surface area contributed by atoms with E-state index in [-0.39, 0.29) is 0 Å². The third-order valence-electron chi connectivity index (χ3n) is 3.86. The SMILES string of the molecule is CN=C(NCCCn1cccn1)NCc1ccccc1-n1ccnc1. The average Bonchev–Trinajstić information content (AvgIpc) is 3.35. The van der Waals surface area contributed by atoms with Gasteiger partial charge in [-0.25, -0.2) is 4.98 Å². The van der Waals surface area contributed by atoms with Crippen molar-refractivity contribution in [1.29, 1.82) is 0 Å². The monoisotopic (exact) mass is 337 g/mol. The molecule has 0 atom stereocenters. The summed E-state index contributed by atoms with van der Waals surface area (Å²) in [6.07, 6.45) is 10.3. The van der Waals surface area contributed by atoms with E-state index in [1.807, 2.05) is 39.8 Å². The molecule has 1 aromatic carbocycles. The van der Waals surface area contributed by atoms with E-state index in [9.17, 15) is 0 Å². The molecule has 0 radical (unpaired) electrons. The Morgan fingerprint density at radius 2 is 2.04 bits per heavy atom. The number of nitrogens with one attached hydrogen (secondary N) is 2. The normalized spacial score (nSPS) is 11.5. The lowest BCUT2D eigenvalue weighted by molar-refractivity contribution is 0.570. The van der Waals surface area contributed by atoms with Crippen LogP contribution in [0.15, 0.2) is 66.4 Å². The van der Waals surface area contributed by atoms with Crippen molar-refractivity contribution in [2.45, 2.75) is 19.5 Å². The van der Waals surface area contributed by atoms with Gasteiger partial charge in [-0.1, -0.05) is 18.2 Å². The number of para-hydroxylation sites is 1. The Morgan fingerprint density at radius 3 is 2.80 bits per heavy atom. The molecular formula is C18H23N7. The van der Waals surface area contributed by atoms with Gasteiger partial charge < -0.3 is 15.2 Å². The fraction of sp³-hybridized carbons (Fsp3) is 0.278. The van der Waals surface area contributed by atoms with Gasteiger partial charge in [0.05, 0.1) is 12.0 Å². The number of rotatable bonds is 7. The lowest BCUT2D eigenvalue weighted by atomic mass is 10.1. The maximum absolute atomic E-state index is 4.28. The maximum Gasteiger partial charge on any atom is 0.191 e. The summed E-state index contributed by atoms with van der Waals surface area (Å²) >= 11 is 0. The van der Waals surface area contributed by atoms with Gasteiger partial charge in [0.1, 0.15) is 0 Å². The number of aryl methyl sites for hydroxylation is 1. The molecular weight excluding hydrogens is 314 g/mol. The quantitative estimate of drug-likeness (QED) is 0.392. The third-order valence-corrected chi connectivity index (χ3v) is 3.86. The molecule has 2 aromatic heterocycles. The largest absolute Gasteiger partial charge is 0.356 e. The molecule has 2 heterocycles. The first-order valence-corrected chi connectivity index (χ1v) is 8.35. The van der Waals surface area contributed by atoms with E-state index in [0.717, 1.165) is 31.2 Å². The van der Waals surface area contributed by atoms with Crippen molar-refractivity contribution in [2.75, 3.05) is 13.6 Å². The van der Waals surface area contributed by atoms with Crippen LogP contribution in [0.4, 0.5) is 0 Å². The second-order valence-electron chi connectivity index (χ2n) is 5.57. The fourth-order valence-electron chi connectivity index (χ4n) is 2.59. The van der Waals surface area contributed by atoms with Crippen LogP contribution in [0.3, 0.4) is 0 Å². The van der Waals surface area contributed by atoms with E-state index in [0.29, 0.717) is 6.54 Å². The minimum absolute atomic E-state index is 0.688. The summed E-state index contributed by atoms with van der Waals surface area (Å²) in [6, 6.07) is 10.2. The van der Waals surface area contributed by atoms with Crippen LogP contribution in [0.5, 0.6) is 0 Å². The Balaban J connectivity index is 1.50. The summed E-state index contributed by atoms with van der Waals surface area (Å²) in [7, 11) is 1.78. The lowest BCUT2D eigenvalue weighted by Gasteiger charge is -2.14. The zero-order valence-corrected chi connectivity index (χ0v) is 14.3. The summed E-state index contributed by atoms with van der Waals surface area (Å²) in [4.78, 5) is 8.40. The number of guanidine groups is 1. The number of nitrogens with zero attached hydrogens (tertiary/aromatic N) is 5. The van der Waals surface area contributed by atoms with Crippen LogP contribution in [-0.4, -0.2) is 38.9 Å². The van der Waals surface area contributed by atoms with Gasteiger partial charge in [-0.3, -0.25) is 9.67 Å². The zero-order chi connectivity index (χ0) is 17.3. The summed E-state index contributed by atoms with van der Waals surface area (Å²) in [5.41, 5.74) is 2.29. The Hall–Kier alpha value is -3.09. The number of aliphatic imine (C=N–C) groups is 1. The zero-order valence-electron chi connectivity index (χ0n) is 14.3. The highest BCUT2D eigenvalue weighted by Crippen LogP contribution is 2.13. The molecule has 0 bridgehead atoms. The number of imidazole rings is 1. The first-order chi connectivity index (χ1) is 12.4. The lowest BCUT2D eigenvalue weighted by Crippen LogP contribution is -2.37. The first-order valence-electron chi connectivity index (χ1n) is 8.35. The van der Waals surface area contributed by atoms with E-state index in [2.05, 4.69) is 37.8 Å². The molecule has 0 spiro atoms. The highest BCUT2D eigenvalue weighted by atomic mass is 15.3. The standard InChI is InChI=1S/C18H23N7/c1-19-18(21-8-4-11-25-12-5-9-23-25)22-14-16-6-2-3-7-17(16)24-13-10-20-15-24/h2-3,5-7,9-10,12-13,15H,4,8,11,14H2,1H3,(H2,19,21,22). The minimum Gasteiger partial charge on any atom is -0.356 e. The molecule has 3 aromatic rings. The van der Waals surface area contributed by atoms with Gasteiger partial charge in [0.15, 0.2) is 5.96 Å². The third kappa shape index (κ3) is 4.69. The van der Waals surface area contributed by atoms with Crippen LogP contribution in [0.1, 0.15) is 12.0 Å². The molecule has 7 nitrogen and oxygen atoms in total. The number of benzene rings is 1. The van der Waals surface area contributed by atoms with Crippen molar-refractivity contribution >= 4 is 5.96 Å². The molecule has 25 heavy (non-hydrogen) atoms. The molecule has 7 heteroatoms. The van der Waals surface area contributed by atoms with Crippen molar-refractivity contribution in [3.05, 3.63) is 67.0 Å². The molecule has 130 valence electrons. The summed E-state index contributed by atoms with van der Waals surface area (Å²) in [6.45, 7) is 2.41. The molecule has 0 aliphatic heterocycles. The molecule has 2 N–H and O–H groups in total. The van der Waals surface area contributed by atoms with E-state index in [1.165, 1.54) is 5.56 Å². The van der Waals surface area contributed by atoms with Crippen molar-refractivity contribution in [3.63, 3.8) is 0 Å². The Kier molecular flexibility index (Phi) is 5.82. The topological polar surface area (TPSA) is 72.1 Å². The highest BCUT2D eigenvalue weighted by Gasteiger charge is 2.05. The summed E-state index contributed by atoms with van der Waals surface area (Å²) < 4.78 is 3.94. The summed E-state index contributed by atoms with van der Waals surface area (Å²) in [5, 5.41) is 10.9. The molecule has 0 saturated carbocycles. The number of hydrogen-bond donors (Lipinski definition) is 2. The smallest absolute Gasteiger partial charge is 0.191 e. The highest BCUT2D eigenvalue weighted by molar-refractivity contribution is 5.79. The van der Waals surface area contributed by atoms with Crippen molar-refractivity contribution in [3.8, 4) is 5.69 Å². The van der Waals surface area contributed by atoms with Gasteiger partial charge in [0.2, 0.25) is 0 Å². The van der Waals surface area contributed by atoms with Crippen LogP contribution in [0.25, 0.3) is 5.69 Å². The van der Waals surface area contributed by atoms with E-state index >= 15 is 0 Å². The first kappa shape index (κ1) is 16.8. The minimum atomic E-state index is 0.688. The molecule has 3 rings (SSSR count). The van der Waals surface area contributed by atoms with Gasteiger partial charge in [-0.2, -0.15) is 5.10 Å². The van der Waals surface area contributed by atoms with Gasteiger partial charge in [0, 0.05) is 51.5 Å². The molecule has 0 unspecified atom stereocenters. The van der Waals surface area contributed by atoms with Gasteiger partial charge in [-0.15, -0.1) is 0 Å². The number of hydrogen-bond acceptors (Lipinski definition) is 3. The second-order valence-corrected chi connectivity index (χ2v) is 5.57. The molecule has 0 amide bonds. The Morgan fingerprint density at radius 1 is 1.12 bits per heavy atom. The van der Waals surface area contributed by atoms with Gasteiger partial charge in [-0.05, 0) is 24.1 Å². The van der Waals surface area contributed by atoms with Crippen molar-refractivity contribution in [2.24, 2.45) is 4.99 Å². The molecule has 0 saturated heterocycles. The van der Waals surface area contributed by atoms with Crippen LogP contribution in [0, 0.1) is 0 Å². The van der Waals surface area contributed by atoms with Crippen LogP contribution >= 0.6 is 0 Å². The predicted molar refractivity (Wildman–Crippen MR) is 98.6 cm³/mol. The van der Waals surface area contributed by atoms with E-state index < -0.39 is 0 Å². The molecule has 0 aliphatic carbocycles. The molecule has 0 fully saturated rings. The maximum atomic E-state index is 4.28. The van der Waals surface area contributed by atoms with Crippen LogP contribution in [0.2, 0.25) is 0 Å². The van der Waals surface area contributed by atoms with Gasteiger partial charge >= 0.3 is 0 Å². The fourth-order valence-corrected chi connectivity index (χ4v) is 2.59. The summed E-state index contributed by atoms with van der Waals surface area (Å²) in [5.74, 6) is 0.792. The Bertz CT molecular complexity index is 776. The van der Waals surface area contributed by atoms with Gasteiger partial charge in [0.25, 0.3) is 0 Å². The Labute approximate surface area is 147 Å².